The molecule has 1 atom stereocenters. The molecule has 1 aliphatic rings. The van der Waals surface area contributed by atoms with Crippen molar-refractivity contribution in [2.45, 2.75) is 38.0 Å². The van der Waals surface area contributed by atoms with Crippen LogP contribution in [0.2, 0.25) is 0 Å². The van der Waals surface area contributed by atoms with Crippen molar-refractivity contribution >= 4 is 28.3 Å². The van der Waals surface area contributed by atoms with E-state index in [1.54, 1.807) is 0 Å². The third kappa shape index (κ3) is 3.99. The van der Waals surface area contributed by atoms with Crippen molar-refractivity contribution in [1.82, 2.24) is 9.97 Å². The Bertz CT molecular complexity index is 1610. The van der Waals surface area contributed by atoms with Crippen LogP contribution < -0.4 is 0 Å². The number of fused-ring (bicyclic) bond motifs is 2. The Hall–Kier alpha value is -4.18. The molecular weight excluding hydrogens is 444 g/mol. The average molecular weight is 473 g/mol. The van der Waals surface area contributed by atoms with Crippen LogP contribution in [0.4, 0.5) is 0 Å². The van der Waals surface area contributed by atoms with Gasteiger partial charge in [-0.15, -0.1) is 0 Å². The van der Waals surface area contributed by atoms with Crippen molar-refractivity contribution in [2.24, 2.45) is 0 Å². The first-order valence-corrected chi connectivity index (χ1v) is 12.3. The van der Waals surface area contributed by atoms with Crippen LogP contribution in [0.5, 0.6) is 0 Å². The highest BCUT2D eigenvalue weighted by atomic mass is 16.4. The fraction of sp³-hybridized carbons (Fsp3) is 0.188. The van der Waals surface area contributed by atoms with E-state index in [4.69, 9.17) is 18.8 Å². The van der Waals surface area contributed by atoms with Gasteiger partial charge in [0.2, 0.25) is 11.8 Å². The molecule has 5 aromatic rings. The van der Waals surface area contributed by atoms with Crippen LogP contribution in [0.15, 0.2) is 112 Å². The standard InChI is InChI=1S/C32H28N2O2/c1-31(2,3)24-15-16-28-26(21-24)34-30(36-28)32(29-33-25-11-7-8-12-27(25)35-29)19-17-23(18-20-32)14-13-22-9-5-4-6-10-22/h4-19,21H,20H2,1-3H3. The van der Waals surface area contributed by atoms with E-state index in [0.717, 1.165) is 33.3 Å². The molecule has 0 saturated carbocycles. The Kier molecular flexibility index (Phi) is 5.26. The highest BCUT2D eigenvalue weighted by Crippen LogP contribution is 2.42. The average Bonchev–Trinajstić information content (AvgIpc) is 3.52. The molecule has 2 aromatic heterocycles. The minimum atomic E-state index is -0.732. The Morgan fingerprint density at radius 3 is 2.17 bits per heavy atom. The van der Waals surface area contributed by atoms with Crippen molar-refractivity contribution < 1.29 is 8.83 Å². The predicted octanol–water partition coefficient (Wildman–Crippen LogP) is 8.15. The molecule has 4 nitrogen and oxygen atoms in total. The number of aromatic nitrogens is 2. The van der Waals surface area contributed by atoms with Gasteiger partial charge in [0.05, 0.1) is 0 Å². The highest BCUT2D eigenvalue weighted by molar-refractivity contribution is 5.75. The Morgan fingerprint density at radius 1 is 0.778 bits per heavy atom. The maximum Gasteiger partial charge on any atom is 0.215 e. The maximum absolute atomic E-state index is 6.38. The zero-order valence-corrected chi connectivity index (χ0v) is 20.7. The van der Waals surface area contributed by atoms with E-state index < -0.39 is 5.41 Å². The summed E-state index contributed by atoms with van der Waals surface area (Å²) in [5, 5.41) is 0. The minimum Gasteiger partial charge on any atom is -0.439 e. The van der Waals surface area contributed by atoms with Crippen molar-refractivity contribution in [2.75, 3.05) is 0 Å². The molecular formula is C32H28N2O2. The molecule has 0 N–H and O–H groups in total. The van der Waals surface area contributed by atoms with E-state index >= 15 is 0 Å². The predicted molar refractivity (Wildman–Crippen MR) is 145 cm³/mol. The summed E-state index contributed by atoms with van der Waals surface area (Å²) in [4.78, 5) is 9.85. The van der Waals surface area contributed by atoms with Gasteiger partial charge in [0, 0.05) is 0 Å². The van der Waals surface area contributed by atoms with Crippen LogP contribution in [0.1, 0.15) is 50.1 Å². The molecule has 0 saturated heterocycles. The number of hydrogen-bond acceptors (Lipinski definition) is 4. The lowest BCUT2D eigenvalue weighted by molar-refractivity contribution is 0.368. The van der Waals surface area contributed by atoms with Gasteiger partial charge in [0.1, 0.15) is 16.4 Å². The fourth-order valence-corrected chi connectivity index (χ4v) is 4.59. The first-order chi connectivity index (χ1) is 17.4. The summed E-state index contributed by atoms with van der Waals surface area (Å²) < 4.78 is 12.7. The number of benzene rings is 3. The smallest absolute Gasteiger partial charge is 0.215 e. The Balaban J connectivity index is 1.44. The maximum atomic E-state index is 6.38. The molecule has 1 aliphatic carbocycles. The first kappa shape index (κ1) is 22.3. The Labute approximate surface area is 210 Å². The second-order valence-corrected chi connectivity index (χ2v) is 10.4. The van der Waals surface area contributed by atoms with Gasteiger partial charge in [-0.25, -0.2) is 9.97 Å². The molecule has 3 aromatic carbocycles. The normalized spacial score (nSPS) is 18.4. The summed E-state index contributed by atoms with van der Waals surface area (Å²) in [6.07, 6.45) is 11.3. The monoisotopic (exact) mass is 472 g/mol. The topological polar surface area (TPSA) is 52.1 Å². The highest BCUT2D eigenvalue weighted by Gasteiger charge is 2.42. The van der Waals surface area contributed by atoms with Gasteiger partial charge in [-0.05, 0) is 52.8 Å². The van der Waals surface area contributed by atoms with Crippen molar-refractivity contribution in [1.29, 1.82) is 0 Å². The van der Waals surface area contributed by atoms with Crippen LogP contribution >= 0.6 is 0 Å². The van der Waals surface area contributed by atoms with E-state index in [0.29, 0.717) is 18.2 Å². The number of allylic oxidation sites excluding steroid dienone is 5. The van der Waals surface area contributed by atoms with E-state index in [1.165, 1.54) is 5.56 Å². The lowest BCUT2D eigenvalue weighted by atomic mass is 9.79. The Morgan fingerprint density at radius 2 is 1.47 bits per heavy atom. The lowest BCUT2D eigenvalue weighted by Gasteiger charge is -2.25. The van der Waals surface area contributed by atoms with Crippen LogP contribution in [0.25, 0.3) is 28.3 Å². The second kappa shape index (κ2) is 8.49. The van der Waals surface area contributed by atoms with E-state index in [-0.39, 0.29) is 5.41 Å². The van der Waals surface area contributed by atoms with Crippen molar-refractivity contribution in [3.8, 4) is 0 Å². The van der Waals surface area contributed by atoms with E-state index in [1.807, 2.05) is 48.5 Å². The van der Waals surface area contributed by atoms with Gasteiger partial charge in [-0.3, -0.25) is 0 Å². The summed E-state index contributed by atoms with van der Waals surface area (Å²) in [5.41, 5.74) is 5.99. The molecule has 1 unspecified atom stereocenters. The fourth-order valence-electron chi connectivity index (χ4n) is 4.59. The molecule has 0 radical (unpaired) electrons. The number of para-hydroxylation sites is 2. The van der Waals surface area contributed by atoms with Gasteiger partial charge < -0.3 is 8.83 Å². The number of hydrogen-bond donors (Lipinski definition) is 0. The van der Waals surface area contributed by atoms with Crippen LogP contribution in [0.3, 0.4) is 0 Å². The summed E-state index contributed by atoms with van der Waals surface area (Å²) in [6.45, 7) is 6.61. The molecule has 0 fully saturated rings. The van der Waals surface area contributed by atoms with Gasteiger partial charge in [-0.1, -0.05) is 99.7 Å². The molecule has 178 valence electrons. The minimum absolute atomic E-state index is 0.0265. The van der Waals surface area contributed by atoms with Crippen molar-refractivity contribution in [3.05, 3.63) is 126 Å². The lowest BCUT2D eigenvalue weighted by Crippen LogP contribution is -2.27. The van der Waals surface area contributed by atoms with Crippen molar-refractivity contribution in [3.63, 3.8) is 0 Å². The number of nitrogens with zero attached hydrogens (tertiary/aromatic N) is 2. The summed E-state index contributed by atoms with van der Waals surface area (Å²) in [5.74, 6) is 1.18. The van der Waals surface area contributed by atoms with E-state index in [2.05, 4.69) is 75.4 Å². The second-order valence-electron chi connectivity index (χ2n) is 10.4. The van der Waals surface area contributed by atoms with E-state index in [9.17, 15) is 0 Å². The summed E-state index contributed by atoms with van der Waals surface area (Å²) >= 11 is 0. The number of oxazole rings is 2. The molecule has 0 amide bonds. The number of rotatable bonds is 4. The van der Waals surface area contributed by atoms with Gasteiger partial charge in [-0.2, -0.15) is 0 Å². The molecule has 36 heavy (non-hydrogen) atoms. The molecule has 4 heteroatoms. The molecule has 0 aliphatic heterocycles. The molecule has 2 heterocycles. The van der Waals surface area contributed by atoms with Crippen LogP contribution in [0, 0.1) is 0 Å². The summed E-state index contributed by atoms with van der Waals surface area (Å²) in [6, 6.07) is 24.4. The van der Waals surface area contributed by atoms with Gasteiger partial charge in [0.15, 0.2) is 11.2 Å². The van der Waals surface area contributed by atoms with Gasteiger partial charge >= 0.3 is 0 Å². The van der Waals surface area contributed by atoms with Crippen LogP contribution in [-0.4, -0.2) is 9.97 Å². The third-order valence-corrected chi connectivity index (χ3v) is 6.80. The zero-order chi connectivity index (χ0) is 24.8. The first-order valence-electron chi connectivity index (χ1n) is 12.3. The molecule has 0 bridgehead atoms. The largest absolute Gasteiger partial charge is 0.439 e. The quantitative estimate of drug-likeness (QED) is 0.265. The SMILES string of the molecule is CC(C)(C)c1ccc2oc(C3(c4nc5ccccc5o4)C=CC(C=Cc4ccccc4)=CC3)nc2c1. The van der Waals surface area contributed by atoms with Gasteiger partial charge in [0.25, 0.3) is 0 Å². The zero-order valence-electron chi connectivity index (χ0n) is 20.7. The third-order valence-electron chi connectivity index (χ3n) is 6.80. The summed E-state index contributed by atoms with van der Waals surface area (Å²) in [7, 11) is 0. The van der Waals surface area contributed by atoms with Crippen LogP contribution in [-0.2, 0) is 10.8 Å². The molecule has 6 rings (SSSR count). The molecule has 0 spiro atoms.